The fourth-order valence-electron chi connectivity index (χ4n) is 3.14. The van der Waals surface area contributed by atoms with Crippen LogP contribution in [0.4, 0.5) is 0 Å². The van der Waals surface area contributed by atoms with Gasteiger partial charge in [0.2, 0.25) is 0 Å². The standard InChI is InChI=1S/C20H18ClNO5/c1-27-15-4-2-3-13(11-15)17-16(19(25)20(26)22(17)9-10-23)18(24)12-5-7-14(21)8-6-12/h2-8,11,17,23-24H,9-10H2,1H3/b18-16-. The second-order valence-electron chi connectivity index (χ2n) is 6.00. The fourth-order valence-corrected chi connectivity index (χ4v) is 3.27. The molecule has 1 aliphatic heterocycles. The number of nitrogens with zero attached hydrogens (tertiary/aromatic N) is 1. The summed E-state index contributed by atoms with van der Waals surface area (Å²) in [5.74, 6) is -1.32. The third-order valence-corrected chi connectivity index (χ3v) is 4.66. The SMILES string of the molecule is COc1cccc(C2/C(=C(/O)c3ccc(Cl)cc3)C(=O)C(=O)N2CCO)c1. The van der Waals surface area contributed by atoms with Crippen molar-refractivity contribution in [2.45, 2.75) is 6.04 Å². The molecule has 1 fully saturated rings. The molecule has 1 heterocycles. The lowest BCUT2D eigenvalue weighted by Gasteiger charge is -2.24. The molecule has 140 valence electrons. The lowest BCUT2D eigenvalue weighted by molar-refractivity contribution is -0.140. The maximum atomic E-state index is 12.7. The Morgan fingerprint density at radius 2 is 1.89 bits per heavy atom. The van der Waals surface area contributed by atoms with E-state index in [0.717, 1.165) is 0 Å². The smallest absolute Gasteiger partial charge is 0.295 e. The third kappa shape index (κ3) is 3.54. The third-order valence-electron chi connectivity index (χ3n) is 4.41. The normalized spacial score (nSPS) is 18.8. The van der Waals surface area contributed by atoms with E-state index in [1.54, 1.807) is 48.5 Å². The van der Waals surface area contributed by atoms with Crippen molar-refractivity contribution in [3.63, 3.8) is 0 Å². The molecule has 6 nitrogen and oxygen atoms in total. The maximum absolute atomic E-state index is 12.7. The van der Waals surface area contributed by atoms with Crippen molar-refractivity contribution in [1.29, 1.82) is 0 Å². The van der Waals surface area contributed by atoms with Crippen LogP contribution in [0.5, 0.6) is 5.75 Å². The summed E-state index contributed by atoms with van der Waals surface area (Å²) in [6.07, 6.45) is 0. The largest absolute Gasteiger partial charge is 0.507 e. The van der Waals surface area contributed by atoms with Gasteiger partial charge in [0.05, 0.1) is 25.3 Å². The number of benzene rings is 2. The van der Waals surface area contributed by atoms with Gasteiger partial charge in [-0.3, -0.25) is 9.59 Å². The van der Waals surface area contributed by atoms with Gasteiger partial charge in [0.25, 0.3) is 11.7 Å². The molecular formula is C20H18ClNO5. The minimum atomic E-state index is -0.831. The summed E-state index contributed by atoms with van der Waals surface area (Å²) in [6.45, 7) is -0.349. The Morgan fingerprint density at radius 1 is 1.19 bits per heavy atom. The molecule has 1 saturated heterocycles. The van der Waals surface area contributed by atoms with Gasteiger partial charge in [-0.2, -0.15) is 0 Å². The van der Waals surface area contributed by atoms with Gasteiger partial charge in [0.1, 0.15) is 11.5 Å². The predicted octanol–water partition coefficient (Wildman–Crippen LogP) is 2.76. The number of aliphatic hydroxyl groups excluding tert-OH is 2. The number of aliphatic hydroxyl groups is 2. The number of hydrogen-bond donors (Lipinski definition) is 2. The van der Waals surface area contributed by atoms with E-state index in [4.69, 9.17) is 16.3 Å². The molecule has 7 heteroatoms. The van der Waals surface area contributed by atoms with E-state index >= 15 is 0 Å². The van der Waals surface area contributed by atoms with Crippen LogP contribution in [0.25, 0.3) is 5.76 Å². The second-order valence-corrected chi connectivity index (χ2v) is 6.44. The van der Waals surface area contributed by atoms with Crippen LogP contribution < -0.4 is 4.74 Å². The first-order chi connectivity index (χ1) is 13.0. The molecule has 2 aromatic rings. The zero-order chi connectivity index (χ0) is 19.6. The summed E-state index contributed by atoms with van der Waals surface area (Å²) in [5, 5.41) is 20.6. The second kappa shape index (κ2) is 7.82. The van der Waals surface area contributed by atoms with Crippen LogP contribution in [0, 0.1) is 0 Å². The summed E-state index contributed by atoms with van der Waals surface area (Å²) in [5.41, 5.74) is 0.927. The molecule has 27 heavy (non-hydrogen) atoms. The Bertz CT molecular complexity index is 907. The van der Waals surface area contributed by atoms with E-state index < -0.39 is 17.7 Å². The zero-order valence-electron chi connectivity index (χ0n) is 14.6. The molecule has 2 N–H and O–H groups in total. The number of Topliss-reactive ketones (excluding diaryl/α,β-unsaturated/α-hetero) is 1. The highest BCUT2D eigenvalue weighted by Gasteiger charge is 2.45. The minimum absolute atomic E-state index is 0.0378. The van der Waals surface area contributed by atoms with E-state index in [0.29, 0.717) is 21.9 Å². The highest BCUT2D eigenvalue weighted by molar-refractivity contribution is 6.46. The molecular weight excluding hydrogens is 370 g/mol. The molecule has 1 amide bonds. The van der Waals surface area contributed by atoms with Crippen LogP contribution in [0.3, 0.4) is 0 Å². The van der Waals surface area contributed by atoms with E-state index in [9.17, 15) is 19.8 Å². The van der Waals surface area contributed by atoms with Crippen molar-refractivity contribution in [3.05, 3.63) is 70.3 Å². The van der Waals surface area contributed by atoms with Crippen LogP contribution in [-0.2, 0) is 9.59 Å². The molecule has 1 unspecified atom stereocenters. The summed E-state index contributed by atoms with van der Waals surface area (Å²) in [7, 11) is 1.51. The van der Waals surface area contributed by atoms with Crippen LogP contribution in [0.15, 0.2) is 54.1 Å². The van der Waals surface area contributed by atoms with Crippen molar-refractivity contribution < 1.29 is 24.5 Å². The summed E-state index contributed by atoms with van der Waals surface area (Å²) >= 11 is 5.88. The Hall–Kier alpha value is -2.83. The van der Waals surface area contributed by atoms with Crippen molar-refractivity contribution in [3.8, 4) is 5.75 Å². The number of hydrogen-bond acceptors (Lipinski definition) is 5. The lowest BCUT2D eigenvalue weighted by atomic mass is 9.95. The van der Waals surface area contributed by atoms with Crippen molar-refractivity contribution in [2.75, 3.05) is 20.3 Å². The van der Waals surface area contributed by atoms with Gasteiger partial charge in [0, 0.05) is 17.1 Å². The van der Waals surface area contributed by atoms with Gasteiger partial charge < -0.3 is 19.8 Å². The van der Waals surface area contributed by atoms with E-state index in [-0.39, 0.29) is 24.5 Å². The summed E-state index contributed by atoms with van der Waals surface area (Å²) in [4.78, 5) is 26.4. The van der Waals surface area contributed by atoms with Crippen molar-refractivity contribution in [1.82, 2.24) is 4.90 Å². The number of carbonyl (C=O) groups is 2. The lowest BCUT2D eigenvalue weighted by Crippen LogP contribution is -2.32. The molecule has 0 aliphatic carbocycles. The molecule has 1 aliphatic rings. The first kappa shape index (κ1) is 18.9. The number of carbonyl (C=O) groups excluding carboxylic acids is 2. The Labute approximate surface area is 161 Å². The summed E-state index contributed by atoms with van der Waals surface area (Å²) in [6, 6.07) is 12.4. The number of β-amino-alcohol motifs (C(OH)–C–C–N with tert-alkyl or cyclic N) is 1. The van der Waals surface area contributed by atoms with Gasteiger partial charge in [-0.05, 0) is 42.0 Å². The molecule has 0 bridgehead atoms. The number of halogens is 1. The Morgan fingerprint density at radius 3 is 2.52 bits per heavy atom. The highest BCUT2D eigenvalue weighted by Crippen LogP contribution is 2.40. The van der Waals surface area contributed by atoms with E-state index in [2.05, 4.69) is 0 Å². The monoisotopic (exact) mass is 387 g/mol. The number of ketones is 1. The molecule has 2 aromatic carbocycles. The van der Waals surface area contributed by atoms with E-state index in [1.165, 1.54) is 12.0 Å². The number of likely N-dealkylation sites (tertiary alicyclic amines) is 1. The number of amides is 1. The topological polar surface area (TPSA) is 87.1 Å². The number of methoxy groups -OCH3 is 1. The van der Waals surface area contributed by atoms with Gasteiger partial charge in [0.15, 0.2) is 0 Å². The Balaban J connectivity index is 2.18. The zero-order valence-corrected chi connectivity index (χ0v) is 15.3. The van der Waals surface area contributed by atoms with Gasteiger partial charge >= 0.3 is 0 Å². The van der Waals surface area contributed by atoms with Gasteiger partial charge in [-0.1, -0.05) is 23.7 Å². The molecule has 3 rings (SSSR count). The first-order valence-corrected chi connectivity index (χ1v) is 8.65. The van der Waals surface area contributed by atoms with E-state index in [1.807, 2.05) is 0 Å². The molecule has 0 aromatic heterocycles. The Kier molecular flexibility index (Phi) is 5.48. The molecule has 0 radical (unpaired) electrons. The summed E-state index contributed by atoms with van der Waals surface area (Å²) < 4.78 is 5.23. The van der Waals surface area contributed by atoms with Gasteiger partial charge in [-0.15, -0.1) is 0 Å². The first-order valence-electron chi connectivity index (χ1n) is 8.27. The van der Waals surface area contributed by atoms with Crippen molar-refractivity contribution in [2.24, 2.45) is 0 Å². The van der Waals surface area contributed by atoms with Gasteiger partial charge in [-0.25, -0.2) is 0 Å². The van der Waals surface area contributed by atoms with Crippen LogP contribution in [0.2, 0.25) is 5.02 Å². The highest BCUT2D eigenvalue weighted by atomic mass is 35.5. The number of rotatable bonds is 5. The minimum Gasteiger partial charge on any atom is -0.507 e. The predicted molar refractivity (Wildman–Crippen MR) is 101 cm³/mol. The maximum Gasteiger partial charge on any atom is 0.295 e. The average molecular weight is 388 g/mol. The van der Waals surface area contributed by atoms with Crippen LogP contribution in [-0.4, -0.2) is 47.1 Å². The molecule has 0 spiro atoms. The fraction of sp³-hybridized carbons (Fsp3) is 0.200. The molecule has 0 saturated carbocycles. The van der Waals surface area contributed by atoms with Crippen LogP contribution in [0.1, 0.15) is 17.2 Å². The van der Waals surface area contributed by atoms with Crippen LogP contribution >= 0.6 is 11.6 Å². The molecule has 1 atom stereocenters. The quantitative estimate of drug-likeness (QED) is 0.468. The number of ether oxygens (including phenoxy) is 1. The van der Waals surface area contributed by atoms with Crippen molar-refractivity contribution >= 4 is 29.1 Å². The average Bonchev–Trinajstić information content (AvgIpc) is 2.93.